The fourth-order valence-corrected chi connectivity index (χ4v) is 3.84. The van der Waals surface area contributed by atoms with Gasteiger partial charge in [0.15, 0.2) is 11.6 Å². The van der Waals surface area contributed by atoms with Gasteiger partial charge in [-0.15, -0.1) is 0 Å². The van der Waals surface area contributed by atoms with Crippen LogP contribution in [0.5, 0.6) is 0 Å². The molecule has 0 aliphatic carbocycles. The third-order valence-electron chi connectivity index (χ3n) is 3.86. The molecule has 0 saturated carbocycles. The van der Waals surface area contributed by atoms with Crippen molar-refractivity contribution in [3.63, 3.8) is 0 Å². The minimum absolute atomic E-state index is 0.0201. The molecular formula is C19H13F2NO3S2. The standard InChI is InChI=1S/C19H13F2NO3S2/c20-14-5-4-13(10-15(14)21)12-3-1-2-11(8-12)9-16-18(25)22(19(26)27-16)7-6-17(23)24/h1-5,8-10H,6-7H2,(H,23,24). The Morgan fingerprint density at radius 3 is 2.59 bits per heavy atom. The molecule has 2 aromatic rings. The second-order valence-electron chi connectivity index (χ2n) is 5.73. The van der Waals surface area contributed by atoms with Gasteiger partial charge in [-0.05, 0) is 41.0 Å². The first-order valence-electron chi connectivity index (χ1n) is 7.88. The highest BCUT2D eigenvalue weighted by atomic mass is 32.2. The fraction of sp³-hybridized carbons (Fsp3) is 0.105. The number of rotatable bonds is 5. The molecular weight excluding hydrogens is 392 g/mol. The zero-order valence-corrected chi connectivity index (χ0v) is 15.4. The predicted octanol–water partition coefficient (Wildman–Crippen LogP) is 4.31. The lowest BCUT2D eigenvalue weighted by Crippen LogP contribution is -2.30. The van der Waals surface area contributed by atoms with Crippen LogP contribution in [-0.2, 0) is 9.59 Å². The Bertz CT molecular complexity index is 975. The van der Waals surface area contributed by atoms with Crippen LogP contribution in [0.4, 0.5) is 8.78 Å². The number of benzene rings is 2. The molecule has 1 N–H and O–H groups in total. The third kappa shape index (κ3) is 4.40. The lowest BCUT2D eigenvalue weighted by atomic mass is 10.0. The number of hydrogen-bond acceptors (Lipinski definition) is 4. The number of hydrogen-bond donors (Lipinski definition) is 1. The maximum absolute atomic E-state index is 13.5. The number of carbonyl (C=O) groups is 2. The van der Waals surface area contributed by atoms with E-state index in [9.17, 15) is 18.4 Å². The number of halogens is 2. The van der Waals surface area contributed by atoms with E-state index in [1.807, 2.05) is 0 Å². The molecule has 0 atom stereocenters. The minimum atomic E-state index is -1.01. The van der Waals surface area contributed by atoms with Crippen LogP contribution < -0.4 is 0 Å². The topological polar surface area (TPSA) is 57.6 Å². The highest BCUT2D eigenvalue weighted by Gasteiger charge is 2.32. The molecule has 2 aromatic carbocycles. The molecule has 0 unspecified atom stereocenters. The molecule has 1 aliphatic heterocycles. The Morgan fingerprint density at radius 2 is 1.89 bits per heavy atom. The Hall–Kier alpha value is -2.58. The van der Waals surface area contributed by atoms with Crippen LogP contribution in [0.2, 0.25) is 0 Å². The van der Waals surface area contributed by atoms with Crippen LogP contribution in [0.15, 0.2) is 47.4 Å². The Labute approximate surface area is 163 Å². The van der Waals surface area contributed by atoms with Gasteiger partial charge in [-0.2, -0.15) is 0 Å². The lowest BCUT2D eigenvalue weighted by Gasteiger charge is -2.12. The zero-order valence-electron chi connectivity index (χ0n) is 13.8. The van der Waals surface area contributed by atoms with Crippen molar-refractivity contribution in [3.05, 3.63) is 64.6 Å². The first-order chi connectivity index (χ1) is 12.8. The Morgan fingerprint density at radius 1 is 1.15 bits per heavy atom. The summed E-state index contributed by atoms with van der Waals surface area (Å²) in [7, 11) is 0. The first-order valence-corrected chi connectivity index (χ1v) is 9.10. The fourth-order valence-electron chi connectivity index (χ4n) is 2.54. The van der Waals surface area contributed by atoms with Gasteiger partial charge in [0.25, 0.3) is 5.91 Å². The van der Waals surface area contributed by atoms with Gasteiger partial charge in [0, 0.05) is 6.54 Å². The molecule has 8 heteroatoms. The van der Waals surface area contributed by atoms with Crippen LogP contribution >= 0.6 is 24.0 Å². The van der Waals surface area contributed by atoms with Gasteiger partial charge < -0.3 is 5.11 Å². The number of thiocarbonyl (C=S) groups is 1. The average molecular weight is 405 g/mol. The first kappa shape index (κ1) is 19.2. The molecule has 1 amide bonds. The van der Waals surface area contributed by atoms with Crippen LogP contribution in [0.1, 0.15) is 12.0 Å². The SMILES string of the molecule is O=C(O)CCN1C(=O)C(=Cc2cccc(-c3ccc(F)c(F)c3)c2)SC1=S. The summed E-state index contributed by atoms with van der Waals surface area (Å²) in [5.74, 6) is -3.20. The van der Waals surface area contributed by atoms with Crippen LogP contribution in [-0.4, -0.2) is 32.7 Å². The van der Waals surface area contributed by atoms with Gasteiger partial charge in [0.1, 0.15) is 4.32 Å². The summed E-state index contributed by atoms with van der Waals surface area (Å²) >= 11 is 6.25. The Balaban J connectivity index is 1.85. The molecule has 0 aromatic heterocycles. The largest absolute Gasteiger partial charge is 0.481 e. The highest BCUT2D eigenvalue weighted by Crippen LogP contribution is 2.33. The molecule has 0 bridgehead atoms. The number of carbonyl (C=O) groups excluding carboxylic acids is 1. The summed E-state index contributed by atoms with van der Waals surface area (Å²) < 4.78 is 26.9. The van der Waals surface area contributed by atoms with E-state index in [4.69, 9.17) is 17.3 Å². The molecule has 0 radical (unpaired) electrons. The van der Waals surface area contributed by atoms with E-state index in [0.717, 1.165) is 23.9 Å². The van der Waals surface area contributed by atoms with Crippen molar-refractivity contribution in [2.24, 2.45) is 0 Å². The number of thioether (sulfide) groups is 1. The van der Waals surface area contributed by atoms with Crippen molar-refractivity contribution < 1.29 is 23.5 Å². The number of amides is 1. The third-order valence-corrected chi connectivity index (χ3v) is 5.24. The van der Waals surface area contributed by atoms with E-state index in [2.05, 4.69) is 0 Å². The zero-order chi connectivity index (χ0) is 19.6. The van der Waals surface area contributed by atoms with Crippen LogP contribution in [0.25, 0.3) is 17.2 Å². The summed E-state index contributed by atoms with van der Waals surface area (Å²) in [6.45, 7) is 0.0201. The number of carboxylic acids is 1. The monoisotopic (exact) mass is 405 g/mol. The normalized spacial score (nSPS) is 15.6. The quantitative estimate of drug-likeness (QED) is 0.594. The van der Waals surface area contributed by atoms with Gasteiger partial charge in [0.2, 0.25) is 0 Å². The van der Waals surface area contributed by atoms with E-state index < -0.39 is 17.6 Å². The van der Waals surface area contributed by atoms with Crippen molar-refractivity contribution in [1.82, 2.24) is 4.90 Å². The molecule has 3 rings (SSSR count). The lowest BCUT2D eigenvalue weighted by molar-refractivity contribution is -0.137. The maximum Gasteiger partial charge on any atom is 0.305 e. The summed E-state index contributed by atoms with van der Waals surface area (Å²) in [6.07, 6.45) is 1.45. The maximum atomic E-state index is 13.5. The number of carboxylic acid groups (broad SMARTS) is 1. The van der Waals surface area contributed by atoms with E-state index in [-0.39, 0.29) is 18.9 Å². The molecule has 1 saturated heterocycles. The summed E-state index contributed by atoms with van der Waals surface area (Å²) in [4.78, 5) is 24.8. The highest BCUT2D eigenvalue weighted by molar-refractivity contribution is 8.26. The van der Waals surface area contributed by atoms with Crippen molar-refractivity contribution in [2.45, 2.75) is 6.42 Å². The van der Waals surface area contributed by atoms with Crippen molar-refractivity contribution in [2.75, 3.05) is 6.54 Å². The second-order valence-corrected chi connectivity index (χ2v) is 7.41. The number of aliphatic carboxylic acids is 1. The van der Waals surface area contributed by atoms with Gasteiger partial charge in [-0.3, -0.25) is 14.5 Å². The van der Waals surface area contributed by atoms with Gasteiger partial charge in [-0.25, -0.2) is 8.78 Å². The molecule has 138 valence electrons. The van der Waals surface area contributed by atoms with Gasteiger partial charge in [-0.1, -0.05) is 48.2 Å². The molecule has 1 aliphatic rings. The minimum Gasteiger partial charge on any atom is -0.481 e. The molecule has 1 heterocycles. The van der Waals surface area contributed by atoms with E-state index in [1.54, 1.807) is 30.3 Å². The summed E-state index contributed by atoms with van der Waals surface area (Å²) in [5, 5.41) is 8.77. The smallest absolute Gasteiger partial charge is 0.305 e. The molecule has 4 nitrogen and oxygen atoms in total. The second kappa shape index (κ2) is 7.98. The van der Waals surface area contributed by atoms with Gasteiger partial charge >= 0.3 is 5.97 Å². The van der Waals surface area contributed by atoms with Crippen molar-refractivity contribution >= 4 is 46.3 Å². The molecule has 27 heavy (non-hydrogen) atoms. The van der Waals surface area contributed by atoms with E-state index in [1.165, 1.54) is 11.0 Å². The van der Waals surface area contributed by atoms with Gasteiger partial charge in [0.05, 0.1) is 11.3 Å². The van der Waals surface area contributed by atoms with Crippen molar-refractivity contribution in [3.8, 4) is 11.1 Å². The van der Waals surface area contributed by atoms with E-state index in [0.29, 0.717) is 25.9 Å². The van der Waals surface area contributed by atoms with Crippen LogP contribution in [0.3, 0.4) is 0 Å². The number of nitrogens with zero attached hydrogens (tertiary/aromatic N) is 1. The molecule has 1 fully saturated rings. The van der Waals surface area contributed by atoms with E-state index >= 15 is 0 Å². The summed E-state index contributed by atoms with van der Waals surface area (Å²) in [6, 6.07) is 10.7. The van der Waals surface area contributed by atoms with Crippen molar-refractivity contribution in [1.29, 1.82) is 0 Å². The summed E-state index contributed by atoms with van der Waals surface area (Å²) in [5.41, 5.74) is 1.87. The molecule has 0 spiro atoms. The van der Waals surface area contributed by atoms with Crippen LogP contribution in [0, 0.1) is 11.6 Å². The predicted molar refractivity (Wildman–Crippen MR) is 104 cm³/mol. The average Bonchev–Trinajstić information content (AvgIpc) is 2.89. The Kier molecular flexibility index (Phi) is 5.67.